The first-order chi connectivity index (χ1) is 9.52. The van der Waals surface area contributed by atoms with Gasteiger partial charge in [-0.15, -0.1) is 11.3 Å². The number of nitrogens with one attached hydrogen (secondary N) is 1. The van der Waals surface area contributed by atoms with E-state index in [0.29, 0.717) is 22.5 Å². The second-order valence-corrected chi connectivity index (χ2v) is 6.60. The molecule has 6 heteroatoms. The van der Waals surface area contributed by atoms with E-state index >= 15 is 0 Å². The summed E-state index contributed by atoms with van der Waals surface area (Å²) in [7, 11) is 1.88. The quantitative estimate of drug-likeness (QED) is 0.909. The van der Waals surface area contributed by atoms with Crippen molar-refractivity contribution >= 4 is 33.1 Å². The molecule has 20 heavy (non-hydrogen) atoms. The molecule has 1 aliphatic rings. The predicted octanol–water partition coefficient (Wildman–Crippen LogP) is 2.44. The van der Waals surface area contributed by atoms with Crippen LogP contribution in [-0.2, 0) is 7.05 Å². The first kappa shape index (κ1) is 13.4. The van der Waals surface area contributed by atoms with E-state index < -0.39 is 0 Å². The largest absolute Gasteiger partial charge is 0.397 e. The fourth-order valence-corrected chi connectivity index (χ4v) is 3.94. The number of amides is 1. The van der Waals surface area contributed by atoms with Gasteiger partial charge in [-0.2, -0.15) is 5.10 Å². The predicted molar refractivity (Wildman–Crippen MR) is 82.0 cm³/mol. The van der Waals surface area contributed by atoms with E-state index in [0.717, 1.165) is 22.3 Å². The molecular weight excluding hydrogens is 272 g/mol. The van der Waals surface area contributed by atoms with Crippen LogP contribution in [0, 0.1) is 12.8 Å². The Bertz CT molecular complexity index is 672. The Labute approximate surface area is 122 Å². The van der Waals surface area contributed by atoms with Gasteiger partial charge in [-0.25, -0.2) is 0 Å². The van der Waals surface area contributed by atoms with Crippen LogP contribution in [0.1, 0.15) is 41.6 Å². The van der Waals surface area contributed by atoms with Crippen molar-refractivity contribution in [1.29, 1.82) is 0 Å². The molecule has 0 radical (unpaired) electrons. The highest BCUT2D eigenvalue weighted by atomic mass is 32.1. The minimum atomic E-state index is -0.0355. The number of nitrogens with two attached hydrogens (primary N) is 1. The number of hydrogen-bond acceptors (Lipinski definition) is 4. The van der Waals surface area contributed by atoms with E-state index in [2.05, 4.69) is 17.3 Å². The number of aryl methyl sites for hydroxylation is 2. The Morgan fingerprint density at radius 3 is 3.00 bits per heavy atom. The number of fused-ring (bicyclic) bond motifs is 1. The Kier molecular flexibility index (Phi) is 3.20. The highest BCUT2D eigenvalue weighted by molar-refractivity contribution is 7.21. The summed E-state index contributed by atoms with van der Waals surface area (Å²) >= 11 is 1.43. The highest BCUT2D eigenvalue weighted by Crippen LogP contribution is 2.38. The summed E-state index contributed by atoms with van der Waals surface area (Å²) in [6, 6.07) is 0.339. The van der Waals surface area contributed by atoms with Gasteiger partial charge in [0.1, 0.15) is 9.71 Å². The summed E-state index contributed by atoms with van der Waals surface area (Å²) in [6.07, 6.45) is 3.47. The van der Waals surface area contributed by atoms with Gasteiger partial charge in [0.05, 0.1) is 16.8 Å². The van der Waals surface area contributed by atoms with Crippen LogP contribution in [0.3, 0.4) is 0 Å². The van der Waals surface area contributed by atoms with Crippen molar-refractivity contribution in [3.05, 3.63) is 10.6 Å². The number of carbonyl (C=O) groups is 1. The molecule has 1 amide bonds. The molecular formula is C14H20N4OS. The second-order valence-electron chi connectivity index (χ2n) is 5.60. The summed E-state index contributed by atoms with van der Waals surface area (Å²) in [5, 5.41) is 8.35. The van der Waals surface area contributed by atoms with E-state index in [1.807, 2.05) is 14.0 Å². The second kappa shape index (κ2) is 4.77. The SMILES string of the molecule is CCCC1CC1NC(=O)c1sc2c(c(C)nn2C)c1N. The molecule has 108 valence electrons. The lowest BCUT2D eigenvalue weighted by molar-refractivity contribution is 0.0954. The van der Waals surface area contributed by atoms with E-state index in [9.17, 15) is 4.79 Å². The fourth-order valence-electron chi connectivity index (χ4n) is 2.85. The van der Waals surface area contributed by atoms with E-state index in [1.165, 1.54) is 24.2 Å². The van der Waals surface area contributed by atoms with Crippen molar-refractivity contribution in [2.45, 2.75) is 39.2 Å². The van der Waals surface area contributed by atoms with Crippen molar-refractivity contribution in [3.8, 4) is 0 Å². The normalized spacial score (nSPS) is 21.4. The molecule has 2 unspecified atom stereocenters. The zero-order valence-electron chi connectivity index (χ0n) is 12.1. The molecule has 1 fully saturated rings. The van der Waals surface area contributed by atoms with E-state index in [-0.39, 0.29) is 5.91 Å². The summed E-state index contributed by atoms with van der Waals surface area (Å²) in [5.41, 5.74) is 7.59. The summed E-state index contributed by atoms with van der Waals surface area (Å²) in [4.78, 5) is 13.9. The number of aromatic nitrogens is 2. The molecule has 2 atom stereocenters. The molecule has 2 aromatic rings. The molecule has 2 aromatic heterocycles. The minimum absolute atomic E-state index is 0.0355. The molecule has 0 aliphatic heterocycles. The van der Waals surface area contributed by atoms with Gasteiger partial charge < -0.3 is 11.1 Å². The van der Waals surface area contributed by atoms with Crippen LogP contribution in [0.5, 0.6) is 0 Å². The molecule has 0 spiro atoms. The highest BCUT2D eigenvalue weighted by Gasteiger charge is 2.38. The molecule has 1 saturated carbocycles. The van der Waals surface area contributed by atoms with Crippen LogP contribution in [0.25, 0.3) is 10.2 Å². The molecule has 3 N–H and O–H groups in total. The first-order valence-electron chi connectivity index (χ1n) is 7.05. The minimum Gasteiger partial charge on any atom is -0.397 e. The molecule has 0 bridgehead atoms. The topological polar surface area (TPSA) is 72.9 Å². The van der Waals surface area contributed by atoms with Crippen LogP contribution in [-0.4, -0.2) is 21.7 Å². The van der Waals surface area contributed by atoms with Crippen LogP contribution in [0.2, 0.25) is 0 Å². The average molecular weight is 292 g/mol. The third kappa shape index (κ3) is 2.08. The number of nitrogen functional groups attached to an aromatic ring is 1. The van der Waals surface area contributed by atoms with Crippen LogP contribution in [0.4, 0.5) is 5.69 Å². The van der Waals surface area contributed by atoms with Gasteiger partial charge >= 0.3 is 0 Å². The van der Waals surface area contributed by atoms with Gasteiger partial charge in [0.15, 0.2) is 0 Å². The first-order valence-corrected chi connectivity index (χ1v) is 7.87. The maximum Gasteiger partial charge on any atom is 0.263 e. The zero-order chi connectivity index (χ0) is 14.4. The maximum atomic E-state index is 12.3. The Balaban J connectivity index is 1.82. The van der Waals surface area contributed by atoms with Crippen LogP contribution >= 0.6 is 11.3 Å². The van der Waals surface area contributed by atoms with Gasteiger partial charge in [0, 0.05) is 13.1 Å². The smallest absolute Gasteiger partial charge is 0.263 e. The maximum absolute atomic E-state index is 12.3. The zero-order valence-corrected chi connectivity index (χ0v) is 12.9. The summed E-state index contributed by atoms with van der Waals surface area (Å²) in [5.74, 6) is 0.620. The van der Waals surface area contributed by atoms with E-state index in [4.69, 9.17) is 5.73 Å². The monoisotopic (exact) mass is 292 g/mol. The lowest BCUT2D eigenvalue weighted by atomic mass is 10.2. The number of carbonyl (C=O) groups excluding carboxylic acids is 1. The van der Waals surface area contributed by atoms with E-state index in [1.54, 1.807) is 4.68 Å². The van der Waals surface area contributed by atoms with Crippen molar-refractivity contribution in [2.24, 2.45) is 13.0 Å². The Morgan fingerprint density at radius 1 is 1.60 bits per heavy atom. The number of rotatable bonds is 4. The van der Waals surface area contributed by atoms with Crippen molar-refractivity contribution in [2.75, 3.05) is 5.73 Å². The van der Waals surface area contributed by atoms with Crippen molar-refractivity contribution in [1.82, 2.24) is 15.1 Å². The van der Waals surface area contributed by atoms with Gasteiger partial charge in [0.2, 0.25) is 0 Å². The number of hydrogen-bond donors (Lipinski definition) is 2. The van der Waals surface area contributed by atoms with Crippen molar-refractivity contribution < 1.29 is 4.79 Å². The standard InChI is InChI=1S/C14H20N4OS/c1-4-5-8-6-9(8)16-13(19)12-11(15)10-7(2)17-18(3)14(10)20-12/h8-9H,4-6,15H2,1-3H3,(H,16,19). The Hall–Kier alpha value is -1.56. The summed E-state index contributed by atoms with van der Waals surface area (Å²) < 4.78 is 1.79. The molecule has 5 nitrogen and oxygen atoms in total. The third-order valence-electron chi connectivity index (χ3n) is 3.99. The van der Waals surface area contributed by atoms with Gasteiger partial charge in [0.25, 0.3) is 5.91 Å². The van der Waals surface area contributed by atoms with Crippen LogP contribution < -0.4 is 11.1 Å². The molecule has 0 aromatic carbocycles. The van der Waals surface area contributed by atoms with Gasteiger partial charge in [-0.3, -0.25) is 9.48 Å². The molecule has 1 aliphatic carbocycles. The molecule has 0 saturated heterocycles. The number of nitrogens with zero attached hydrogens (tertiary/aromatic N) is 2. The summed E-state index contributed by atoms with van der Waals surface area (Å²) in [6.45, 7) is 4.10. The molecule has 2 heterocycles. The van der Waals surface area contributed by atoms with Gasteiger partial charge in [-0.1, -0.05) is 13.3 Å². The Morgan fingerprint density at radius 2 is 2.35 bits per heavy atom. The van der Waals surface area contributed by atoms with Gasteiger partial charge in [-0.05, 0) is 25.7 Å². The third-order valence-corrected chi connectivity index (χ3v) is 5.26. The van der Waals surface area contributed by atoms with Crippen LogP contribution in [0.15, 0.2) is 0 Å². The molecule has 3 rings (SSSR count). The van der Waals surface area contributed by atoms with Crippen molar-refractivity contribution in [3.63, 3.8) is 0 Å². The average Bonchev–Trinajstić information content (AvgIpc) is 2.90. The lowest BCUT2D eigenvalue weighted by Crippen LogP contribution is -2.26. The number of anilines is 1. The number of thiophene rings is 1. The fraction of sp³-hybridized carbons (Fsp3) is 0.571. The lowest BCUT2D eigenvalue weighted by Gasteiger charge is -2.03.